The topological polar surface area (TPSA) is 45.2 Å². The molecular weight excluding hydrogens is 280 g/mol. The second kappa shape index (κ2) is 8.36. The molecule has 0 aromatic heterocycles. The first-order chi connectivity index (χ1) is 10.6. The number of β-amino-alcohol motifs (C(OH)–C–C–N with tert-alkyl or cyclic N) is 1. The summed E-state index contributed by atoms with van der Waals surface area (Å²) in [5.41, 5.74) is 1.20. The van der Waals surface area contributed by atoms with Gasteiger partial charge in [0.05, 0.1) is 25.9 Å². The van der Waals surface area contributed by atoms with E-state index in [1.54, 1.807) is 7.11 Å². The van der Waals surface area contributed by atoms with Gasteiger partial charge in [-0.3, -0.25) is 4.90 Å². The number of nitrogens with zero attached hydrogens (tertiary/aromatic N) is 2. The highest BCUT2D eigenvalue weighted by molar-refractivity contribution is 5.51. The molecule has 0 amide bonds. The highest BCUT2D eigenvalue weighted by atomic mass is 16.5. The largest absolute Gasteiger partial charge is 0.497 e. The van der Waals surface area contributed by atoms with Gasteiger partial charge in [-0.2, -0.15) is 0 Å². The molecule has 0 bridgehead atoms. The number of aliphatic hydroxyl groups is 1. The molecule has 1 saturated heterocycles. The van der Waals surface area contributed by atoms with Crippen molar-refractivity contribution >= 4 is 5.69 Å². The summed E-state index contributed by atoms with van der Waals surface area (Å²) < 4.78 is 10.7. The molecule has 22 heavy (non-hydrogen) atoms. The van der Waals surface area contributed by atoms with E-state index in [0.29, 0.717) is 13.2 Å². The first kappa shape index (κ1) is 17.1. The van der Waals surface area contributed by atoms with Crippen molar-refractivity contribution < 1.29 is 14.6 Å². The summed E-state index contributed by atoms with van der Waals surface area (Å²) >= 11 is 0. The molecule has 1 atom stereocenters. The van der Waals surface area contributed by atoms with Crippen LogP contribution in [0.5, 0.6) is 5.75 Å². The molecule has 5 nitrogen and oxygen atoms in total. The van der Waals surface area contributed by atoms with Crippen LogP contribution in [0.2, 0.25) is 0 Å². The van der Waals surface area contributed by atoms with Crippen molar-refractivity contribution in [2.24, 2.45) is 0 Å². The van der Waals surface area contributed by atoms with Gasteiger partial charge in [-0.1, -0.05) is 6.07 Å². The Kier molecular flexibility index (Phi) is 6.49. The van der Waals surface area contributed by atoms with Crippen molar-refractivity contribution in [1.29, 1.82) is 0 Å². The fraction of sp³-hybridized carbons (Fsp3) is 0.647. The highest BCUT2D eigenvalue weighted by Crippen LogP contribution is 2.22. The number of methoxy groups -OCH3 is 1. The predicted molar refractivity (Wildman–Crippen MR) is 88.7 cm³/mol. The van der Waals surface area contributed by atoms with Gasteiger partial charge in [0.25, 0.3) is 0 Å². The molecule has 1 unspecified atom stereocenters. The van der Waals surface area contributed by atoms with E-state index in [2.05, 4.69) is 21.9 Å². The number of piperazine rings is 1. The summed E-state index contributed by atoms with van der Waals surface area (Å²) in [6.45, 7) is 8.90. The minimum atomic E-state index is -0.411. The van der Waals surface area contributed by atoms with Crippen LogP contribution in [0.3, 0.4) is 0 Å². The Bertz CT molecular complexity index is 445. The van der Waals surface area contributed by atoms with Crippen molar-refractivity contribution in [3.8, 4) is 5.75 Å². The zero-order valence-electron chi connectivity index (χ0n) is 13.9. The number of aliphatic hydroxyl groups excluding tert-OH is 1. The van der Waals surface area contributed by atoms with Gasteiger partial charge in [-0.05, 0) is 26.0 Å². The van der Waals surface area contributed by atoms with Crippen LogP contribution in [0.25, 0.3) is 0 Å². The number of ether oxygens (including phenoxy) is 2. The fourth-order valence-electron chi connectivity index (χ4n) is 2.65. The first-order valence-electron chi connectivity index (χ1n) is 7.99. The van der Waals surface area contributed by atoms with Crippen molar-refractivity contribution in [3.63, 3.8) is 0 Å². The van der Waals surface area contributed by atoms with Crippen LogP contribution in [0.4, 0.5) is 5.69 Å². The van der Waals surface area contributed by atoms with Gasteiger partial charge in [0, 0.05) is 44.5 Å². The summed E-state index contributed by atoms with van der Waals surface area (Å²) in [7, 11) is 1.69. The Morgan fingerprint density at radius 3 is 2.55 bits per heavy atom. The fourth-order valence-corrected chi connectivity index (χ4v) is 2.65. The molecule has 1 N–H and O–H groups in total. The van der Waals surface area contributed by atoms with Crippen molar-refractivity contribution in [2.45, 2.75) is 26.1 Å². The van der Waals surface area contributed by atoms with Gasteiger partial charge < -0.3 is 19.5 Å². The second-order valence-corrected chi connectivity index (χ2v) is 6.03. The Labute approximate surface area is 133 Å². The van der Waals surface area contributed by atoms with E-state index in [1.807, 2.05) is 26.0 Å². The molecule has 2 rings (SSSR count). The standard InChI is InChI=1S/C17H28N2O3/c1-14(2)22-13-16(20)12-18-7-9-19(10-8-18)15-5-4-6-17(11-15)21-3/h4-6,11,14,16,20H,7-10,12-13H2,1-3H3. The van der Waals surface area contributed by atoms with Gasteiger partial charge in [-0.15, -0.1) is 0 Å². The van der Waals surface area contributed by atoms with E-state index in [1.165, 1.54) is 5.69 Å². The lowest BCUT2D eigenvalue weighted by Crippen LogP contribution is -2.49. The normalized spacial score (nSPS) is 17.8. The Morgan fingerprint density at radius 1 is 1.18 bits per heavy atom. The van der Waals surface area contributed by atoms with Crippen LogP contribution in [0, 0.1) is 0 Å². The highest BCUT2D eigenvalue weighted by Gasteiger charge is 2.20. The summed E-state index contributed by atoms with van der Waals surface area (Å²) in [6.07, 6.45) is -0.245. The van der Waals surface area contributed by atoms with E-state index in [9.17, 15) is 5.11 Å². The van der Waals surface area contributed by atoms with Crippen LogP contribution in [-0.4, -0.2) is 68.7 Å². The molecular formula is C17H28N2O3. The number of hydrogen-bond acceptors (Lipinski definition) is 5. The van der Waals surface area contributed by atoms with Gasteiger partial charge >= 0.3 is 0 Å². The lowest BCUT2D eigenvalue weighted by molar-refractivity contribution is -0.00899. The molecule has 1 heterocycles. The monoisotopic (exact) mass is 308 g/mol. The van der Waals surface area contributed by atoms with Gasteiger partial charge in [-0.25, -0.2) is 0 Å². The average molecular weight is 308 g/mol. The number of hydrogen-bond donors (Lipinski definition) is 1. The Hall–Kier alpha value is -1.30. The van der Waals surface area contributed by atoms with Gasteiger partial charge in [0.15, 0.2) is 0 Å². The van der Waals surface area contributed by atoms with Crippen LogP contribution in [-0.2, 0) is 4.74 Å². The predicted octanol–water partition coefficient (Wildman–Crippen LogP) is 1.60. The summed E-state index contributed by atoms with van der Waals surface area (Å²) in [4.78, 5) is 4.65. The van der Waals surface area contributed by atoms with Crippen LogP contribution in [0.15, 0.2) is 24.3 Å². The molecule has 0 spiro atoms. The lowest BCUT2D eigenvalue weighted by Gasteiger charge is -2.37. The smallest absolute Gasteiger partial charge is 0.120 e. The van der Waals surface area contributed by atoms with E-state index in [0.717, 1.165) is 31.9 Å². The zero-order valence-corrected chi connectivity index (χ0v) is 13.9. The first-order valence-corrected chi connectivity index (χ1v) is 7.99. The van der Waals surface area contributed by atoms with Crippen LogP contribution >= 0.6 is 0 Å². The van der Waals surface area contributed by atoms with Crippen molar-refractivity contribution in [2.75, 3.05) is 51.3 Å². The van der Waals surface area contributed by atoms with Crippen LogP contribution in [0.1, 0.15) is 13.8 Å². The third-order valence-corrected chi connectivity index (χ3v) is 3.88. The Balaban J connectivity index is 1.77. The van der Waals surface area contributed by atoms with E-state index >= 15 is 0 Å². The molecule has 5 heteroatoms. The lowest BCUT2D eigenvalue weighted by atomic mass is 10.2. The molecule has 0 aliphatic carbocycles. The third-order valence-electron chi connectivity index (χ3n) is 3.88. The molecule has 1 fully saturated rings. The quantitative estimate of drug-likeness (QED) is 0.829. The molecule has 1 aliphatic heterocycles. The van der Waals surface area contributed by atoms with Crippen LogP contribution < -0.4 is 9.64 Å². The minimum Gasteiger partial charge on any atom is -0.497 e. The Morgan fingerprint density at radius 2 is 1.91 bits per heavy atom. The van der Waals surface area contributed by atoms with Gasteiger partial charge in [0.2, 0.25) is 0 Å². The molecule has 1 aliphatic rings. The van der Waals surface area contributed by atoms with E-state index in [4.69, 9.17) is 9.47 Å². The van der Waals surface area contributed by atoms with E-state index < -0.39 is 6.10 Å². The maximum Gasteiger partial charge on any atom is 0.120 e. The number of anilines is 1. The third kappa shape index (κ3) is 5.16. The van der Waals surface area contributed by atoms with Crippen molar-refractivity contribution in [3.05, 3.63) is 24.3 Å². The molecule has 1 aromatic carbocycles. The average Bonchev–Trinajstić information content (AvgIpc) is 2.54. The molecule has 1 aromatic rings. The maximum atomic E-state index is 10.0. The maximum absolute atomic E-state index is 10.0. The van der Waals surface area contributed by atoms with E-state index in [-0.39, 0.29) is 6.10 Å². The summed E-state index contributed by atoms with van der Waals surface area (Å²) in [5, 5.41) is 10.0. The zero-order chi connectivity index (χ0) is 15.9. The number of benzene rings is 1. The molecule has 124 valence electrons. The van der Waals surface area contributed by atoms with Gasteiger partial charge in [0.1, 0.15) is 5.75 Å². The summed E-state index contributed by atoms with van der Waals surface area (Å²) in [5.74, 6) is 0.890. The number of rotatable bonds is 7. The summed E-state index contributed by atoms with van der Waals surface area (Å²) in [6, 6.07) is 8.17. The minimum absolute atomic E-state index is 0.166. The molecule has 0 radical (unpaired) electrons. The SMILES string of the molecule is COc1cccc(N2CCN(CC(O)COC(C)C)CC2)c1. The second-order valence-electron chi connectivity index (χ2n) is 6.03. The molecule has 0 saturated carbocycles. The van der Waals surface area contributed by atoms with Crippen molar-refractivity contribution in [1.82, 2.24) is 4.90 Å².